The quantitative estimate of drug-likeness (QED) is 0.685. The summed E-state index contributed by atoms with van der Waals surface area (Å²) in [7, 11) is 0. The molecule has 0 amide bonds. The summed E-state index contributed by atoms with van der Waals surface area (Å²) in [5.74, 6) is -0.339. The van der Waals surface area contributed by atoms with Gasteiger partial charge in [0, 0.05) is 23.9 Å². The molecule has 5 nitrogen and oxygen atoms in total. The number of carboxylic acids is 1. The predicted molar refractivity (Wildman–Crippen MR) is 101 cm³/mol. The van der Waals surface area contributed by atoms with Gasteiger partial charge in [0.25, 0.3) is 0 Å². The molecule has 2 aromatic carbocycles. The largest absolute Gasteiger partial charge is 0.480 e. The number of hydrogen-bond donors (Lipinski definition) is 1. The summed E-state index contributed by atoms with van der Waals surface area (Å²) >= 11 is 6.56. The van der Waals surface area contributed by atoms with Crippen LogP contribution in [-0.2, 0) is 9.59 Å². The summed E-state index contributed by atoms with van der Waals surface area (Å²) < 4.78 is 5.76. The smallest absolute Gasteiger partial charge is 0.317 e. The molecule has 0 spiro atoms. The number of Topliss-reactive ketones (excluding diaryl/α,β-unsaturated/α-hetero) is 1. The molecule has 1 N–H and O–H groups in total. The first-order chi connectivity index (χ1) is 12.3. The van der Waals surface area contributed by atoms with Crippen LogP contribution in [-0.4, -0.2) is 27.2 Å². The molecule has 1 unspecified atom stereocenters. The maximum absolute atomic E-state index is 12.3. The molecule has 0 aliphatic rings. The van der Waals surface area contributed by atoms with Crippen LogP contribution in [0.2, 0.25) is 5.02 Å². The van der Waals surface area contributed by atoms with Gasteiger partial charge in [-0.05, 0) is 55.0 Å². The van der Waals surface area contributed by atoms with Crippen LogP contribution in [0.15, 0.2) is 42.5 Å². The van der Waals surface area contributed by atoms with Crippen LogP contribution in [0.5, 0.6) is 11.5 Å². The Labute approximate surface area is 160 Å². The second-order valence-corrected chi connectivity index (χ2v) is 7.42. The van der Waals surface area contributed by atoms with Crippen LogP contribution in [0.3, 0.4) is 0 Å². The molecule has 136 valence electrons. The van der Waals surface area contributed by atoms with Gasteiger partial charge >= 0.3 is 5.97 Å². The first-order valence-corrected chi connectivity index (χ1v) is 8.99. The number of aliphatic carboxylic acids is 1. The molecule has 0 radical (unpaired) electrons. The van der Waals surface area contributed by atoms with E-state index in [2.05, 4.69) is 0 Å². The molecule has 7 heteroatoms. The van der Waals surface area contributed by atoms with Crippen molar-refractivity contribution in [1.29, 1.82) is 0 Å². The van der Waals surface area contributed by atoms with Crippen molar-refractivity contribution < 1.29 is 24.2 Å². The Morgan fingerprint density at radius 2 is 1.81 bits per heavy atom. The maximum Gasteiger partial charge on any atom is 0.317 e. The van der Waals surface area contributed by atoms with Gasteiger partial charge in [-0.2, -0.15) is 0 Å². The monoisotopic (exact) mass is 392 g/mol. The Morgan fingerprint density at radius 1 is 1.15 bits per heavy atom. The number of ketones is 1. The normalized spacial score (nSPS) is 11.7. The topological polar surface area (TPSA) is 80.7 Å². The van der Waals surface area contributed by atoms with E-state index in [1.165, 1.54) is 6.92 Å². The fourth-order valence-electron chi connectivity index (χ4n) is 2.23. The Morgan fingerprint density at radius 3 is 2.35 bits per heavy atom. The summed E-state index contributed by atoms with van der Waals surface area (Å²) in [6, 6.07) is 11.7. The highest BCUT2D eigenvalue weighted by Gasteiger charge is 2.24. The third kappa shape index (κ3) is 5.61. The highest BCUT2D eigenvalue weighted by molar-refractivity contribution is 8.14. The maximum atomic E-state index is 12.3. The van der Waals surface area contributed by atoms with E-state index >= 15 is 0 Å². The van der Waals surface area contributed by atoms with Crippen LogP contribution in [0.25, 0.3) is 0 Å². The van der Waals surface area contributed by atoms with Crippen molar-refractivity contribution in [3.8, 4) is 11.5 Å². The van der Waals surface area contributed by atoms with E-state index in [9.17, 15) is 14.4 Å². The number of carbonyl (C=O) groups excluding carboxylic acids is 2. The van der Waals surface area contributed by atoms with Crippen molar-refractivity contribution in [2.75, 3.05) is 0 Å². The minimum Gasteiger partial charge on any atom is -0.480 e. The molecule has 0 saturated heterocycles. The third-order valence-electron chi connectivity index (χ3n) is 3.50. The number of carbonyl (C=O) groups is 3. The van der Waals surface area contributed by atoms with Crippen LogP contribution in [0, 0.1) is 6.92 Å². The van der Waals surface area contributed by atoms with Crippen LogP contribution in [0.1, 0.15) is 29.3 Å². The van der Waals surface area contributed by atoms with Crippen molar-refractivity contribution in [1.82, 2.24) is 0 Å². The second-order valence-electron chi connectivity index (χ2n) is 5.60. The zero-order valence-electron chi connectivity index (χ0n) is 14.2. The number of benzene rings is 2. The lowest BCUT2D eigenvalue weighted by molar-refractivity contribution is -0.136. The fraction of sp³-hybridized carbons (Fsp3) is 0.211. The summed E-state index contributed by atoms with van der Waals surface area (Å²) in [4.78, 5) is 34.5. The van der Waals surface area contributed by atoms with E-state index < -0.39 is 11.2 Å². The Balaban J connectivity index is 2.07. The molecule has 0 bridgehead atoms. The van der Waals surface area contributed by atoms with E-state index in [0.717, 1.165) is 5.56 Å². The van der Waals surface area contributed by atoms with Crippen molar-refractivity contribution in [2.24, 2.45) is 0 Å². The van der Waals surface area contributed by atoms with E-state index in [4.69, 9.17) is 21.4 Å². The average molecular weight is 393 g/mol. The van der Waals surface area contributed by atoms with Gasteiger partial charge in [-0.3, -0.25) is 14.4 Å². The summed E-state index contributed by atoms with van der Waals surface area (Å²) in [5, 5.41) is 8.30. The molecule has 2 rings (SSSR count). The van der Waals surface area contributed by atoms with Crippen molar-refractivity contribution in [3.63, 3.8) is 0 Å². The highest BCUT2D eigenvalue weighted by Crippen LogP contribution is 2.28. The SMILES string of the molecule is CC(=O)SC(CC(=O)c1ccc(Oc2ccc(Cl)cc2C)cc1)C(=O)O. The zero-order valence-corrected chi connectivity index (χ0v) is 15.8. The lowest BCUT2D eigenvalue weighted by Gasteiger charge is -2.11. The van der Waals surface area contributed by atoms with E-state index in [1.807, 2.05) is 6.92 Å². The first-order valence-electron chi connectivity index (χ1n) is 7.73. The molecular weight excluding hydrogens is 376 g/mol. The van der Waals surface area contributed by atoms with Crippen LogP contribution < -0.4 is 4.74 Å². The summed E-state index contributed by atoms with van der Waals surface area (Å²) in [6.07, 6.45) is -0.254. The van der Waals surface area contributed by atoms with Crippen molar-refractivity contribution in [3.05, 3.63) is 58.6 Å². The first kappa shape index (κ1) is 20.0. The second kappa shape index (κ2) is 8.87. The minimum absolute atomic E-state index is 0.254. The van der Waals surface area contributed by atoms with Gasteiger partial charge in [-0.1, -0.05) is 23.4 Å². The van der Waals surface area contributed by atoms with Gasteiger partial charge in [-0.25, -0.2) is 0 Å². The number of halogens is 1. The number of carboxylic acid groups (broad SMARTS) is 1. The molecule has 0 aliphatic carbocycles. The number of thioether (sulfide) groups is 1. The standard InChI is InChI=1S/C19H17ClO5S/c1-11-9-14(20)5-8-17(11)25-15-6-3-13(4-7-15)16(22)10-18(19(23)24)26-12(2)21/h3-9,18H,10H2,1-2H3,(H,23,24). The Bertz CT molecular complexity index is 832. The molecule has 26 heavy (non-hydrogen) atoms. The number of rotatable bonds is 7. The lowest BCUT2D eigenvalue weighted by Crippen LogP contribution is -2.21. The van der Waals surface area contributed by atoms with Gasteiger partial charge in [0.1, 0.15) is 16.7 Å². The van der Waals surface area contributed by atoms with E-state index in [-0.39, 0.29) is 17.3 Å². The molecular formula is C19H17ClO5S. The number of ether oxygens (including phenoxy) is 1. The number of hydrogen-bond acceptors (Lipinski definition) is 5. The van der Waals surface area contributed by atoms with Gasteiger partial charge in [0.2, 0.25) is 0 Å². The molecule has 0 aromatic heterocycles. The van der Waals surface area contributed by atoms with Crippen LogP contribution >= 0.6 is 23.4 Å². The molecule has 0 aliphatic heterocycles. The van der Waals surface area contributed by atoms with E-state index in [1.54, 1.807) is 42.5 Å². The van der Waals surface area contributed by atoms with Gasteiger partial charge in [-0.15, -0.1) is 0 Å². The zero-order chi connectivity index (χ0) is 19.3. The summed E-state index contributed by atoms with van der Waals surface area (Å²) in [6.45, 7) is 3.15. The molecule has 2 aromatic rings. The third-order valence-corrected chi connectivity index (χ3v) is 4.72. The van der Waals surface area contributed by atoms with Gasteiger partial charge in [0.05, 0.1) is 0 Å². The Hall–Kier alpha value is -2.31. The predicted octanol–water partition coefficient (Wildman–Crippen LogP) is 4.75. The summed E-state index contributed by atoms with van der Waals surface area (Å²) in [5.41, 5.74) is 1.24. The molecule has 0 heterocycles. The molecule has 0 saturated carbocycles. The number of aryl methyl sites for hydroxylation is 1. The molecule has 0 fully saturated rings. The van der Waals surface area contributed by atoms with Gasteiger partial charge in [0.15, 0.2) is 10.9 Å². The van der Waals surface area contributed by atoms with Crippen LogP contribution in [0.4, 0.5) is 0 Å². The minimum atomic E-state index is -1.18. The highest BCUT2D eigenvalue weighted by atomic mass is 35.5. The fourth-order valence-corrected chi connectivity index (χ4v) is 3.19. The Kier molecular flexibility index (Phi) is 6.83. The van der Waals surface area contributed by atoms with Gasteiger partial charge < -0.3 is 9.84 Å². The lowest BCUT2D eigenvalue weighted by atomic mass is 10.1. The van der Waals surface area contributed by atoms with Crippen molar-refractivity contribution >= 4 is 40.2 Å². The molecule has 1 atom stereocenters. The van der Waals surface area contributed by atoms with Crippen molar-refractivity contribution in [2.45, 2.75) is 25.5 Å². The van der Waals surface area contributed by atoms with E-state index in [0.29, 0.717) is 33.8 Å². The average Bonchev–Trinajstić information content (AvgIpc) is 2.57.